The number of nitrogens with two attached hydrogens (primary N) is 1. The Morgan fingerprint density at radius 3 is 2.33 bits per heavy atom. The third-order valence-corrected chi connectivity index (χ3v) is 0.782. The molecule has 0 amide bonds. The van der Waals surface area contributed by atoms with E-state index in [2.05, 4.69) is 17.9 Å². The Labute approximate surface area is 73.9 Å². The molecule has 2 N–H and O–H groups in total. The Balaban J connectivity index is 0. The van der Waals surface area contributed by atoms with Gasteiger partial charge in [0.15, 0.2) is 0 Å². The standard InChI is InChI=1S/C6H10O2.C3H7N/c1-3-5-8-6(7)4-2;1-2-3-4/h4H,2-3,5H2,1H3;2H,1,3-4H2. The molecule has 0 atom stereocenters. The molecule has 0 aliphatic heterocycles. The summed E-state index contributed by atoms with van der Waals surface area (Å²) in [5.74, 6) is -0.341. The quantitative estimate of drug-likeness (QED) is 0.393. The topological polar surface area (TPSA) is 52.3 Å². The van der Waals surface area contributed by atoms with E-state index in [0.717, 1.165) is 12.5 Å². The molecule has 0 aromatic carbocycles. The average Bonchev–Trinajstić information content (AvgIpc) is 2.14. The van der Waals surface area contributed by atoms with Crippen LogP contribution in [0.4, 0.5) is 0 Å². The van der Waals surface area contributed by atoms with Crippen LogP contribution in [0.2, 0.25) is 0 Å². The summed E-state index contributed by atoms with van der Waals surface area (Å²) < 4.78 is 4.58. The van der Waals surface area contributed by atoms with Crippen molar-refractivity contribution in [3.63, 3.8) is 0 Å². The third kappa shape index (κ3) is 16.0. The zero-order chi connectivity index (χ0) is 9.82. The van der Waals surface area contributed by atoms with E-state index in [0.29, 0.717) is 13.2 Å². The van der Waals surface area contributed by atoms with Gasteiger partial charge in [-0.25, -0.2) is 4.79 Å². The molecule has 3 nitrogen and oxygen atoms in total. The second-order valence-corrected chi connectivity index (χ2v) is 1.90. The van der Waals surface area contributed by atoms with Gasteiger partial charge in [-0.2, -0.15) is 0 Å². The highest BCUT2D eigenvalue weighted by atomic mass is 16.5. The Hall–Kier alpha value is -1.09. The lowest BCUT2D eigenvalue weighted by atomic mass is 10.5. The number of ether oxygens (including phenoxy) is 1. The van der Waals surface area contributed by atoms with Crippen LogP contribution in [-0.4, -0.2) is 19.1 Å². The molecule has 0 saturated carbocycles. The van der Waals surface area contributed by atoms with Crippen molar-refractivity contribution in [3.05, 3.63) is 25.3 Å². The van der Waals surface area contributed by atoms with E-state index >= 15 is 0 Å². The van der Waals surface area contributed by atoms with Crippen LogP contribution in [0.25, 0.3) is 0 Å². The fourth-order valence-electron chi connectivity index (χ4n) is 0.262. The maximum Gasteiger partial charge on any atom is 0.330 e. The molecule has 0 saturated heterocycles. The number of hydrogen-bond acceptors (Lipinski definition) is 3. The average molecular weight is 171 g/mol. The van der Waals surface area contributed by atoms with Crippen LogP contribution in [-0.2, 0) is 9.53 Å². The van der Waals surface area contributed by atoms with Gasteiger partial charge in [0.05, 0.1) is 6.61 Å². The molecule has 0 bridgehead atoms. The smallest absolute Gasteiger partial charge is 0.330 e. The maximum absolute atomic E-state index is 10.2. The van der Waals surface area contributed by atoms with Crippen molar-refractivity contribution in [2.45, 2.75) is 13.3 Å². The summed E-state index contributed by atoms with van der Waals surface area (Å²) in [5, 5.41) is 0. The molecule has 3 heteroatoms. The minimum atomic E-state index is -0.341. The van der Waals surface area contributed by atoms with Crippen LogP contribution in [0.1, 0.15) is 13.3 Å². The van der Waals surface area contributed by atoms with E-state index < -0.39 is 0 Å². The molecule has 0 spiro atoms. The van der Waals surface area contributed by atoms with Gasteiger partial charge in [-0.1, -0.05) is 19.6 Å². The number of esters is 1. The van der Waals surface area contributed by atoms with Crippen molar-refractivity contribution >= 4 is 5.97 Å². The molecule has 0 unspecified atom stereocenters. The molecule has 70 valence electrons. The highest BCUT2D eigenvalue weighted by molar-refractivity contribution is 5.81. The van der Waals surface area contributed by atoms with E-state index in [1.807, 2.05) is 6.92 Å². The van der Waals surface area contributed by atoms with Crippen molar-refractivity contribution in [2.24, 2.45) is 5.73 Å². The fraction of sp³-hybridized carbons (Fsp3) is 0.444. The van der Waals surface area contributed by atoms with Crippen LogP contribution < -0.4 is 5.73 Å². The molecule has 12 heavy (non-hydrogen) atoms. The molecule has 0 radical (unpaired) electrons. The number of carbonyl (C=O) groups is 1. The van der Waals surface area contributed by atoms with Crippen LogP contribution in [0.15, 0.2) is 25.3 Å². The van der Waals surface area contributed by atoms with Crippen molar-refractivity contribution in [3.8, 4) is 0 Å². The van der Waals surface area contributed by atoms with Crippen LogP contribution >= 0.6 is 0 Å². The summed E-state index contributed by atoms with van der Waals surface area (Å²) in [4.78, 5) is 10.2. The Kier molecular flexibility index (Phi) is 14.1. The molecule has 0 aromatic rings. The summed E-state index contributed by atoms with van der Waals surface area (Å²) >= 11 is 0. The van der Waals surface area contributed by atoms with Crippen LogP contribution in [0.5, 0.6) is 0 Å². The van der Waals surface area contributed by atoms with E-state index in [1.165, 1.54) is 0 Å². The van der Waals surface area contributed by atoms with Crippen molar-refractivity contribution in [1.82, 2.24) is 0 Å². The van der Waals surface area contributed by atoms with Gasteiger partial charge in [0.25, 0.3) is 0 Å². The summed E-state index contributed by atoms with van der Waals surface area (Å²) in [6.07, 6.45) is 3.68. The molecular formula is C9H17NO2. The van der Waals surface area contributed by atoms with Gasteiger partial charge in [-0.3, -0.25) is 0 Å². The zero-order valence-electron chi connectivity index (χ0n) is 7.58. The van der Waals surface area contributed by atoms with Crippen molar-refractivity contribution in [2.75, 3.05) is 13.2 Å². The molecule has 0 heterocycles. The van der Waals surface area contributed by atoms with E-state index in [1.54, 1.807) is 6.08 Å². The van der Waals surface area contributed by atoms with Crippen molar-refractivity contribution in [1.29, 1.82) is 0 Å². The van der Waals surface area contributed by atoms with Gasteiger partial charge in [0, 0.05) is 12.6 Å². The normalized spacial score (nSPS) is 7.50. The summed E-state index contributed by atoms with van der Waals surface area (Å²) in [5.41, 5.74) is 4.91. The highest BCUT2D eigenvalue weighted by Gasteiger charge is 1.89. The lowest BCUT2D eigenvalue weighted by Gasteiger charge is -1.94. The van der Waals surface area contributed by atoms with Gasteiger partial charge in [0.1, 0.15) is 0 Å². The van der Waals surface area contributed by atoms with Gasteiger partial charge in [-0.05, 0) is 6.42 Å². The summed E-state index contributed by atoms with van der Waals surface area (Å²) in [6, 6.07) is 0. The minimum Gasteiger partial charge on any atom is -0.463 e. The second-order valence-electron chi connectivity index (χ2n) is 1.90. The monoisotopic (exact) mass is 171 g/mol. The van der Waals surface area contributed by atoms with Gasteiger partial charge in [-0.15, -0.1) is 6.58 Å². The predicted octanol–water partition coefficient (Wildman–Crippen LogP) is 1.26. The minimum absolute atomic E-state index is 0.341. The molecule has 0 aliphatic rings. The molecule has 0 aromatic heterocycles. The molecule has 0 fully saturated rings. The van der Waals surface area contributed by atoms with Gasteiger partial charge >= 0.3 is 5.97 Å². The first-order chi connectivity index (χ1) is 5.72. The van der Waals surface area contributed by atoms with Gasteiger partial charge < -0.3 is 10.5 Å². The van der Waals surface area contributed by atoms with Crippen LogP contribution in [0, 0.1) is 0 Å². The Morgan fingerprint density at radius 1 is 1.58 bits per heavy atom. The third-order valence-electron chi connectivity index (χ3n) is 0.782. The zero-order valence-corrected chi connectivity index (χ0v) is 7.58. The largest absolute Gasteiger partial charge is 0.463 e. The second kappa shape index (κ2) is 12.6. The SMILES string of the molecule is C=CC(=O)OCCC.C=CCN. The van der Waals surface area contributed by atoms with E-state index in [-0.39, 0.29) is 5.97 Å². The lowest BCUT2D eigenvalue weighted by Crippen LogP contribution is -1.99. The fourth-order valence-corrected chi connectivity index (χ4v) is 0.262. The summed E-state index contributed by atoms with van der Waals surface area (Å²) in [6.45, 7) is 9.61. The lowest BCUT2D eigenvalue weighted by molar-refractivity contribution is -0.137. The van der Waals surface area contributed by atoms with Crippen molar-refractivity contribution < 1.29 is 9.53 Å². The highest BCUT2D eigenvalue weighted by Crippen LogP contribution is 1.81. The molecular weight excluding hydrogens is 154 g/mol. The number of carbonyl (C=O) groups excluding carboxylic acids is 1. The van der Waals surface area contributed by atoms with E-state index in [9.17, 15) is 4.79 Å². The van der Waals surface area contributed by atoms with E-state index in [4.69, 9.17) is 5.73 Å². The number of hydrogen-bond donors (Lipinski definition) is 1. The Morgan fingerprint density at radius 2 is 2.08 bits per heavy atom. The predicted molar refractivity (Wildman–Crippen MR) is 50.7 cm³/mol. The first kappa shape index (κ1) is 13.5. The van der Waals surface area contributed by atoms with Gasteiger partial charge in [0.2, 0.25) is 0 Å². The molecule has 0 rings (SSSR count). The first-order valence-electron chi connectivity index (χ1n) is 3.83. The molecule has 0 aliphatic carbocycles. The first-order valence-corrected chi connectivity index (χ1v) is 3.83. The summed E-state index contributed by atoms with van der Waals surface area (Å²) in [7, 11) is 0. The number of rotatable bonds is 4. The maximum atomic E-state index is 10.2. The van der Waals surface area contributed by atoms with Crippen LogP contribution in [0.3, 0.4) is 0 Å². The Bertz CT molecular complexity index is 132.